The standard InChI is InChI=1S/C15H15ClF5N3O2/c1-7(25)4-11-12(22)24(13(23)14(16,17)18)10-3-2-9(15(19,20)21)5-8(10)6-26-11/h2-3,5,11-12,23H,4,6,22H2,1H3/t11-,12?/m0/s1. The molecule has 3 N–H and O–H groups in total. The molecule has 0 amide bonds. The fourth-order valence-corrected chi connectivity index (χ4v) is 2.69. The van der Waals surface area contributed by atoms with Gasteiger partial charge in [-0.2, -0.15) is 22.0 Å². The SMILES string of the molecule is CC(=O)C[C@@H]1OCc2cc(C(F)(F)F)ccc2N(C(=N)C(F)(F)Cl)C1N. The summed E-state index contributed by atoms with van der Waals surface area (Å²) in [7, 11) is 0. The number of nitrogens with one attached hydrogen (secondary N) is 1. The Morgan fingerprint density at radius 2 is 2.00 bits per heavy atom. The van der Waals surface area contributed by atoms with Crippen molar-refractivity contribution >= 4 is 28.9 Å². The minimum absolute atomic E-state index is 0.105. The Balaban J connectivity index is 2.57. The zero-order valence-electron chi connectivity index (χ0n) is 13.4. The van der Waals surface area contributed by atoms with Crippen LogP contribution in [0, 0.1) is 5.41 Å². The van der Waals surface area contributed by atoms with Gasteiger partial charge in [-0.25, -0.2) is 0 Å². The highest BCUT2D eigenvalue weighted by Crippen LogP contribution is 2.37. The lowest BCUT2D eigenvalue weighted by Gasteiger charge is -2.34. The molecule has 1 heterocycles. The maximum Gasteiger partial charge on any atom is 0.416 e. The second-order valence-electron chi connectivity index (χ2n) is 5.80. The molecule has 26 heavy (non-hydrogen) atoms. The van der Waals surface area contributed by atoms with Crippen molar-refractivity contribution in [3.05, 3.63) is 29.3 Å². The van der Waals surface area contributed by atoms with Crippen molar-refractivity contribution in [3.8, 4) is 0 Å². The summed E-state index contributed by atoms with van der Waals surface area (Å²) in [5, 5.41) is 3.52. The molecular weight excluding hydrogens is 385 g/mol. The summed E-state index contributed by atoms with van der Waals surface area (Å²) in [6, 6.07) is 2.34. The molecule has 5 nitrogen and oxygen atoms in total. The number of hydrogen-bond donors (Lipinski definition) is 2. The minimum atomic E-state index is -4.66. The molecule has 1 aromatic rings. The predicted molar refractivity (Wildman–Crippen MR) is 84.3 cm³/mol. The third-order valence-corrected chi connectivity index (χ3v) is 3.98. The van der Waals surface area contributed by atoms with E-state index in [1.54, 1.807) is 0 Å². The molecule has 2 atom stereocenters. The summed E-state index contributed by atoms with van der Waals surface area (Å²) < 4.78 is 71.2. The predicted octanol–water partition coefficient (Wildman–Crippen LogP) is 3.48. The maximum absolute atomic E-state index is 13.5. The highest BCUT2D eigenvalue weighted by molar-refractivity contribution is 6.35. The average Bonchev–Trinajstić information content (AvgIpc) is 2.61. The third kappa shape index (κ3) is 4.30. The van der Waals surface area contributed by atoms with Gasteiger partial charge in [0.05, 0.1) is 18.3 Å². The molecule has 144 valence electrons. The minimum Gasteiger partial charge on any atom is -0.369 e. The van der Waals surface area contributed by atoms with E-state index in [0.29, 0.717) is 11.0 Å². The Morgan fingerprint density at radius 1 is 1.38 bits per heavy atom. The van der Waals surface area contributed by atoms with E-state index in [9.17, 15) is 26.7 Å². The Morgan fingerprint density at radius 3 is 2.50 bits per heavy atom. The van der Waals surface area contributed by atoms with Gasteiger partial charge in [0.2, 0.25) is 0 Å². The van der Waals surface area contributed by atoms with Crippen LogP contribution in [0.1, 0.15) is 24.5 Å². The van der Waals surface area contributed by atoms with Crippen molar-refractivity contribution in [2.75, 3.05) is 4.90 Å². The van der Waals surface area contributed by atoms with Crippen LogP contribution < -0.4 is 10.6 Å². The van der Waals surface area contributed by atoms with Crippen LogP contribution in [0.3, 0.4) is 0 Å². The fraction of sp³-hybridized carbons (Fsp3) is 0.467. The van der Waals surface area contributed by atoms with E-state index >= 15 is 0 Å². The van der Waals surface area contributed by atoms with E-state index in [1.807, 2.05) is 0 Å². The second-order valence-corrected chi connectivity index (χ2v) is 6.28. The van der Waals surface area contributed by atoms with Crippen LogP contribution in [0.5, 0.6) is 0 Å². The summed E-state index contributed by atoms with van der Waals surface area (Å²) in [6.45, 7) is 0.824. The monoisotopic (exact) mass is 399 g/mol. The number of carbonyl (C=O) groups excluding carboxylic acids is 1. The average molecular weight is 400 g/mol. The number of nitrogens with two attached hydrogens (primary N) is 1. The molecule has 0 saturated carbocycles. The van der Waals surface area contributed by atoms with Crippen molar-refractivity contribution in [2.24, 2.45) is 5.73 Å². The normalized spacial score (nSPS) is 21.2. The molecule has 0 aliphatic carbocycles. The molecule has 0 bridgehead atoms. The number of rotatable bonds is 3. The van der Waals surface area contributed by atoms with Gasteiger partial charge in [-0.1, -0.05) is 0 Å². The van der Waals surface area contributed by atoms with Gasteiger partial charge in [0.15, 0.2) is 5.84 Å². The number of ether oxygens (including phenoxy) is 1. The second kappa shape index (κ2) is 7.09. The Labute approximate surface area is 150 Å². The lowest BCUT2D eigenvalue weighted by molar-refractivity contribution is -0.137. The lowest BCUT2D eigenvalue weighted by atomic mass is 10.1. The molecule has 0 radical (unpaired) electrons. The van der Waals surface area contributed by atoms with E-state index in [1.165, 1.54) is 6.92 Å². The highest BCUT2D eigenvalue weighted by Gasteiger charge is 2.43. The molecule has 0 saturated heterocycles. The van der Waals surface area contributed by atoms with Gasteiger partial charge in [-0.05, 0) is 36.7 Å². The maximum atomic E-state index is 13.5. The Hall–Kier alpha value is -1.78. The summed E-state index contributed by atoms with van der Waals surface area (Å²) in [5.74, 6) is -1.79. The Bertz CT molecular complexity index is 720. The molecule has 11 heteroatoms. The number of alkyl halides is 6. The molecule has 0 aromatic heterocycles. The third-order valence-electron chi connectivity index (χ3n) is 3.80. The molecule has 1 aromatic carbocycles. The van der Waals surface area contributed by atoms with E-state index in [-0.39, 0.29) is 23.5 Å². The van der Waals surface area contributed by atoms with Crippen molar-refractivity contribution in [1.82, 2.24) is 0 Å². The van der Waals surface area contributed by atoms with Gasteiger partial charge in [0.25, 0.3) is 0 Å². The number of amidine groups is 1. The molecule has 1 unspecified atom stereocenters. The van der Waals surface area contributed by atoms with Gasteiger partial charge in [0, 0.05) is 17.7 Å². The first-order chi connectivity index (χ1) is 11.8. The number of fused-ring (bicyclic) bond motifs is 1. The number of benzene rings is 1. The van der Waals surface area contributed by atoms with Crippen molar-refractivity contribution in [1.29, 1.82) is 5.41 Å². The molecule has 1 aliphatic rings. The first-order valence-corrected chi connectivity index (χ1v) is 7.72. The van der Waals surface area contributed by atoms with E-state index in [2.05, 4.69) is 0 Å². The highest BCUT2D eigenvalue weighted by atomic mass is 35.5. The molecule has 2 rings (SSSR count). The van der Waals surface area contributed by atoms with Crippen LogP contribution in [-0.2, 0) is 22.3 Å². The first kappa shape index (κ1) is 20.5. The molecular formula is C15H15ClF5N3O2. The van der Waals surface area contributed by atoms with Gasteiger partial charge >= 0.3 is 11.6 Å². The van der Waals surface area contributed by atoms with Crippen molar-refractivity contribution in [3.63, 3.8) is 0 Å². The van der Waals surface area contributed by atoms with Crippen LogP contribution in [0.25, 0.3) is 0 Å². The molecule has 0 spiro atoms. The van der Waals surface area contributed by atoms with Gasteiger partial charge in [0.1, 0.15) is 11.9 Å². The zero-order valence-corrected chi connectivity index (χ0v) is 14.2. The van der Waals surface area contributed by atoms with Crippen molar-refractivity contribution < 1.29 is 31.5 Å². The largest absolute Gasteiger partial charge is 0.416 e. The Kier molecular flexibility index (Phi) is 5.60. The quantitative estimate of drug-likeness (QED) is 0.353. The number of carbonyl (C=O) groups is 1. The van der Waals surface area contributed by atoms with Crippen LogP contribution in [0.15, 0.2) is 18.2 Å². The summed E-state index contributed by atoms with van der Waals surface area (Å²) >= 11 is 4.92. The number of nitrogens with zero attached hydrogens (tertiary/aromatic N) is 1. The fourth-order valence-electron chi connectivity index (χ4n) is 2.60. The smallest absolute Gasteiger partial charge is 0.369 e. The molecule has 1 aliphatic heterocycles. The zero-order chi connectivity index (χ0) is 19.9. The summed E-state index contributed by atoms with van der Waals surface area (Å²) in [5.41, 5.74) is 4.62. The number of halogens is 6. The van der Waals surface area contributed by atoms with E-state index < -0.39 is 41.8 Å². The van der Waals surface area contributed by atoms with Gasteiger partial charge in [-0.15, -0.1) is 0 Å². The van der Waals surface area contributed by atoms with Crippen LogP contribution in [0.2, 0.25) is 0 Å². The van der Waals surface area contributed by atoms with Gasteiger partial charge in [-0.3, -0.25) is 10.2 Å². The topological polar surface area (TPSA) is 79.4 Å². The van der Waals surface area contributed by atoms with Crippen LogP contribution in [-0.4, -0.2) is 29.3 Å². The van der Waals surface area contributed by atoms with E-state index in [0.717, 1.165) is 12.1 Å². The van der Waals surface area contributed by atoms with Crippen LogP contribution in [0.4, 0.5) is 27.6 Å². The van der Waals surface area contributed by atoms with Crippen LogP contribution >= 0.6 is 11.6 Å². The van der Waals surface area contributed by atoms with E-state index in [4.69, 9.17) is 27.5 Å². The van der Waals surface area contributed by atoms with Crippen molar-refractivity contribution in [2.45, 2.75) is 43.8 Å². The first-order valence-electron chi connectivity index (χ1n) is 7.34. The number of anilines is 1. The number of hydrogen-bond acceptors (Lipinski definition) is 4. The molecule has 0 fully saturated rings. The summed E-state index contributed by atoms with van der Waals surface area (Å²) in [4.78, 5) is 12.0. The lowest BCUT2D eigenvalue weighted by Crippen LogP contribution is -2.56. The number of Topliss-reactive ketones (excluding diaryl/α,β-unsaturated/α-hetero) is 1. The summed E-state index contributed by atoms with van der Waals surface area (Å²) in [6.07, 6.45) is -7.46. The van der Waals surface area contributed by atoms with Gasteiger partial charge < -0.3 is 15.4 Å². The number of ketones is 1.